The molecule has 0 aromatic heterocycles. The molecule has 1 amide bonds. The molecule has 0 aromatic carbocycles. The van der Waals surface area contributed by atoms with Crippen LogP contribution in [0, 0.1) is 0 Å². The van der Waals surface area contributed by atoms with Crippen molar-refractivity contribution in [1.29, 1.82) is 0 Å². The molecule has 0 radical (unpaired) electrons. The molecule has 0 rings (SSSR count). The maximum absolute atomic E-state index is 12.8. The lowest BCUT2D eigenvalue weighted by Crippen LogP contribution is -2.45. The number of nitrogens with one attached hydrogen (secondary N) is 1. The van der Waals surface area contributed by atoms with Gasteiger partial charge in [0.1, 0.15) is 13.2 Å². The summed E-state index contributed by atoms with van der Waals surface area (Å²) in [5.74, 6) is -0.194. The van der Waals surface area contributed by atoms with E-state index < -0.39 is 20.0 Å². The molecule has 0 aliphatic carbocycles. The predicted octanol–water partition coefficient (Wildman–Crippen LogP) is 10.4. The minimum absolute atomic E-state index is 0.0580. The lowest BCUT2D eigenvalue weighted by atomic mass is 10.1. The molecular formula is C40H78N2O6P+. The number of allylic oxidation sites excluding steroid dienone is 5. The van der Waals surface area contributed by atoms with E-state index in [9.17, 15) is 19.4 Å². The third-order valence-electron chi connectivity index (χ3n) is 8.60. The fourth-order valence-electron chi connectivity index (χ4n) is 5.36. The van der Waals surface area contributed by atoms with Crippen LogP contribution in [-0.2, 0) is 18.4 Å². The number of aliphatic hydroxyl groups is 1. The molecule has 9 heteroatoms. The van der Waals surface area contributed by atoms with E-state index in [0.29, 0.717) is 17.4 Å². The average Bonchev–Trinajstić information content (AvgIpc) is 3.04. The van der Waals surface area contributed by atoms with Crippen LogP contribution in [0.5, 0.6) is 0 Å². The SMILES string of the molecule is CCCCC/C=C\C/C=C\CCCCCCCC(=O)NC(COP(=O)(O)OCC[N+](C)(C)C)C(O)/C=C/CCCCCCCCCCCC. The van der Waals surface area contributed by atoms with E-state index in [2.05, 4.69) is 43.5 Å². The number of rotatable bonds is 35. The van der Waals surface area contributed by atoms with Crippen molar-refractivity contribution in [2.24, 2.45) is 0 Å². The van der Waals surface area contributed by atoms with Gasteiger partial charge in [0.2, 0.25) is 5.91 Å². The summed E-state index contributed by atoms with van der Waals surface area (Å²) in [4.78, 5) is 23.0. The van der Waals surface area contributed by atoms with Crippen molar-refractivity contribution in [3.8, 4) is 0 Å². The molecule has 288 valence electrons. The van der Waals surface area contributed by atoms with E-state index in [1.807, 2.05) is 27.2 Å². The average molecular weight is 714 g/mol. The molecule has 0 saturated carbocycles. The summed E-state index contributed by atoms with van der Waals surface area (Å²) in [7, 11) is 1.56. The summed E-state index contributed by atoms with van der Waals surface area (Å²) >= 11 is 0. The summed E-state index contributed by atoms with van der Waals surface area (Å²) in [5.41, 5.74) is 0. The predicted molar refractivity (Wildman–Crippen MR) is 208 cm³/mol. The van der Waals surface area contributed by atoms with Gasteiger partial charge in [-0.1, -0.05) is 140 Å². The first kappa shape index (κ1) is 47.7. The van der Waals surface area contributed by atoms with Gasteiger partial charge in [-0.15, -0.1) is 0 Å². The molecule has 0 aliphatic heterocycles. The molecule has 49 heavy (non-hydrogen) atoms. The first-order valence-corrected chi connectivity index (χ1v) is 21.4. The molecule has 3 atom stereocenters. The molecule has 0 aromatic rings. The van der Waals surface area contributed by atoms with Gasteiger partial charge in [0.15, 0.2) is 0 Å². The Hall–Kier alpha value is -1.28. The van der Waals surface area contributed by atoms with Gasteiger partial charge < -0.3 is 19.8 Å². The second-order valence-electron chi connectivity index (χ2n) is 14.7. The van der Waals surface area contributed by atoms with Crippen LogP contribution in [0.15, 0.2) is 36.5 Å². The van der Waals surface area contributed by atoms with Crippen molar-refractivity contribution in [1.82, 2.24) is 5.32 Å². The first-order chi connectivity index (χ1) is 23.5. The topological polar surface area (TPSA) is 105 Å². The molecule has 0 spiro atoms. The molecule has 3 unspecified atom stereocenters. The minimum Gasteiger partial charge on any atom is -0.387 e. The van der Waals surface area contributed by atoms with Crippen molar-refractivity contribution in [2.75, 3.05) is 40.9 Å². The number of hydrogen-bond acceptors (Lipinski definition) is 5. The summed E-state index contributed by atoms with van der Waals surface area (Å²) in [6.45, 7) is 4.74. The van der Waals surface area contributed by atoms with Gasteiger partial charge in [0.05, 0.1) is 39.9 Å². The van der Waals surface area contributed by atoms with Crippen LogP contribution < -0.4 is 5.32 Å². The number of amides is 1. The largest absolute Gasteiger partial charge is 0.472 e. The monoisotopic (exact) mass is 714 g/mol. The van der Waals surface area contributed by atoms with Gasteiger partial charge in [-0.2, -0.15) is 0 Å². The number of carbonyl (C=O) groups excluding carboxylic acids is 1. The van der Waals surface area contributed by atoms with Gasteiger partial charge in [0, 0.05) is 6.42 Å². The number of phosphoric ester groups is 1. The first-order valence-electron chi connectivity index (χ1n) is 19.9. The van der Waals surface area contributed by atoms with Crippen LogP contribution in [0.2, 0.25) is 0 Å². The zero-order valence-corrected chi connectivity index (χ0v) is 33.3. The van der Waals surface area contributed by atoms with Crippen LogP contribution in [0.4, 0.5) is 0 Å². The van der Waals surface area contributed by atoms with E-state index in [-0.39, 0.29) is 19.1 Å². The Bertz CT molecular complexity index is 902. The summed E-state index contributed by atoms with van der Waals surface area (Å²) in [6, 6.07) is -0.850. The van der Waals surface area contributed by atoms with Crippen LogP contribution >= 0.6 is 7.82 Å². The zero-order chi connectivity index (χ0) is 36.5. The van der Waals surface area contributed by atoms with Crippen LogP contribution in [0.3, 0.4) is 0 Å². The van der Waals surface area contributed by atoms with Gasteiger partial charge in [0.25, 0.3) is 0 Å². The maximum Gasteiger partial charge on any atom is 0.472 e. The van der Waals surface area contributed by atoms with Crippen LogP contribution in [0.25, 0.3) is 0 Å². The van der Waals surface area contributed by atoms with Crippen LogP contribution in [0.1, 0.15) is 162 Å². The Kier molecular flexibility index (Phi) is 31.8. The van der Waals surface area contributed by atoms with Gasteiger partial charge in [-0.3, -0.25) is 13.8 Å². The number of unbranched alkanes of at least 4 members (excludes halogenated alkanes) is 18. The third kappa shape index (κ3) is 34.9. The standard InChI is InChI=1S/C40H77N2O6P/c1-6-8-10-12-14-16-18-20-21-22-24-26-28-30-32-34-40(44)41-38(37-48-49(45,46)47-36-35-42(3,4)5)39(43)33-31-29-27-25-23-19-17-15-13-11-9-7-2/h14,16,20-21,31,33,38-39,43H,6-13,15,17-19,22-30,32,34-37H2,1-5H3,(H-,41,44,45,46)/p+1/b16-14-,21-20-,33-31+. The Labute approximate surface area is 302 Å². The van der Waals surface area contributed by atoms with Crippen molar-refractivity contribution in [2.45, 2.75) is 174 Å². The second kappa shape index (κ2) is 32.6. The van der Waals surface area contributed by atoms with E-state index in [4.69, 9.17) is 9.05 Å². The smallest absolute Gasteiger partial charge is 0.387 e. The molecule has 0 saturated heterocycles. The van der Waals surface area contributed by atoms with Crippen molar-refractivity contribution in [3.05, 3.63) is 36.5 Å². The Balaban J connectivity index is 4.54. The van der Waals surface area contributed by atoms with E-state index in [1.54, 1.807) is 6.08 Å². The quantitative estimate of drug-likeness (QED) is 0.0261. The molecule has 8 nitrogen and oxygen atoms in total. The minimum atomic E-state index is -4.33. The highest BCUT2D eigenvalue weighted by atomic mass is 31.2. The number of carbonyl (C=O) groups is 1. The molecule has 3 N–H and O–H groups in total. The van der Waals surface area contributed by atoms with E-state index in [1.165, 1.54) is 77.0 Å². The third-order valence-corrected chi connectivity index (χ3v) is 9.59. The van der Waals surface area contributed by atoms with Crippen molar-refractivity contribution in [3.63, 3.8) is 0 Å². The number of nitrogens with zero attached hydrogens (tertiary/aromatic N) is 1. The summed E-state index contributed by atoms with van der Waals surface area (Å²) in [5, 5.41) is 13.7. The Morgan fingerprint density at radius 3 is 1.71 bits per heavy atom. The highest BCUT2D eigenvalue weighted by molar-refractivity contribution is 7.47. The Morgan fingerprint density at radius 2 is 1.16 bits per heavy atom. The van der Waals surface area contributed by atoms with Crippen LogP contribution in [-0.4, -0.2) is 73.4 Å². The molecular weight excluding hydrogens is 635 g/mol. The van der Waals surface area contributed by atoms with Gasteiger partial charge in [-0.25, -0.2) is 4.57 Å². The molecule has 0 aliphatic rings. The Morgan fingerprint density at radius 1 is 0.694 bits per heavy atom. The normalized spacial score (nSPS) is 15.0. The highest BCUT2D eigenvalue weighted by Crippen LogP contribution is 2.43. The fraction of sp³-hybridized carbons (Fsp3) is 0.825. The molecule has 0 heterocycles. The zero-order valence-electron chi connectivity index (χ0n) is 32.4. The van der Waals surface area contributed by atoms with Gasteiger partial charge in [-0.05, 0) is 51.4 Å². The summed E-state index contributed by atoms with van der Waals surface area (Å²) < 4.78 is 23.4. The number of hydrogen-bond donors (Lipinski definition) is 3. The number of quaternary nitrogens is 1. The molecule has 0 bridgehead atoms. The number of phosphoric acid groups is 1. The highest BCUT2D eigenvalue weighted by Gasteiger charge is 2.27. The van der Waals surface area contributed by atoms with Crippen molar-refractivity contribution >= 4 is 13.7 Å². The number of aliphatic hydroxyl groups excluding tert-OH is 1. The maximum atomic E-state index is 12.8. The second-order valence-corrected chi connectivity index (χ2v) is 16.1. The van der Waals surface area contributed by atoms with Gasteiger partial charge >= 0.3 is 7.82 Å². The van der Waals surface area contributed by atoms with E-state index >= 15 is 0 Å². The lowest BCUT2D eigenvalue weighted by molar-refractivity contribution is -0.870. The lowest BCUT2D eigenvalue weighted by Gasteiger charge is -2.25. The fourth-order valence-corrected chi connectivity index (χ4v) is 6.10. The number of likely N-dealkylation sites (N-methyl/N-ethyl adjacent to an activating group) is 1. The molecule has 0 fully saturated rings. The van der Waals surface area contributed by atoms with E-state index in [0.717, 1.165) is 64.2 Å². The van der Waals surface area contributed by atoms with Crippen molar-refractivity contribution < 1.29 is 32.9 Å². The summed E-state index contributed by atoms with van der Waals surface area (Å²) in [6.07, 6.45) is 37.7.